The highest BCUT2D eigenvalue weighted by atomic mass is 16.5. The number of hydrogen-bond acceptors (Lipinski definition) is 4. The molecule has 188 valence electrons. The molecule has 0 spiro atoms. The van der Waals surface area contributed by atoms with Crippen LogP contribution in [0, 0.1) is 0 Å². The predicted molar refractivity (Wildman–Crippen MR) is 143 cm³/mol. The Morgan fingerprint density at radius 3 is 1.43 bits per heavy atom. The third kappa shape index (κ3) is 11.4. The zero-order valence-corrected chi connectivity index (χ0v) is 21.0. The molecule has 2 rings (SSSR count). The molecule has 2 aromatic carbocycles. The van der Waals surface area contributed by atoms with E-state index in [1.54, 1.807) is 0 Å². The number of ether oxygens (including phenoxy) is 2. The molecule has 2 aromatic rings. The summed E-state index contributed by atoms with van der Waals surface area (Å²) in [6.07, 6.45) is 5.39. The maximum Gasteiger partial charge on any atom is 0.224 e. The Morgan fingerprint density at radius 1 is 0.657 bits per heavy atom. The van der Waals surface area contributed by atoms with Gasteiger partial charge < -0.3 is 20.1 Å². The molecule has 0 aromatic heterocycles. The summed E-state index contributed by atoms with van der Waals surface area (Å²) in [5.41, 5.74) is 3.19. The predicted octanol–water partition coefficient (Wildman–Crippen LogP) is 6.90. The van der Waals surface area contributed by atoms with Crippen molar-refractivity contribution in [3.05, 3.63) is 72.8 Å². The van der Waals surface area contributed by atoms with Gasteiger partial charge >= 0.3 is 0 Å². The van der Waals surface area contributed by atoms with E-state index in [2.05, 4.69) is 23.8 Å². The quantitative estimate of drug-likeness (QED) is 0.203. The molecule has 0 saturated heterocycles. The number of nitrogens with one attached hydrogen (secondary N) is 2. The van der Waals surface area contributed by atoms with Gasteiger partial charge in [0.15, 0.2) is 0 Å². The normalized spacial score (nSPS) is 10.3. The summed E-state index contributed by atoms with van der Waals surface area (Å²) in [6.45, 7) is 12.3. The van der Waals surface area contributed by atoms with Crippen molar-refractivity contribution in [2.75, 3.05) is 23.8 Å². The fraction of sp³-hybridized carbons (Fsp3) is 0.379. The number of carbonyl (C=O) groups is 2. The van der Waals surface area contributed by atoms with Crippen molar-refractivity contribution in [2.45, 2.75) is 58.8 Å². The highest BCUT2D eigenvalue weighted by Gasteiger charge is 2.09. The highest BCUT2D eigenvalue weighted by Crippen LogP contribution is 2.25. The number of carbonyl (C=O) groups excluding carboxylic acids is 2. The largest absolute Gasteiger partial charge is 0.487 e. The van der Waals surface area contributed by atoms with Crippen molar-refractivity contribution < 1.29 is 19.1 Å². The molecule has 0 bridgehead atoms. The average molecular weight is 479 g/mol. The molecule has 0 unspecified atom stereocenters. The molecule has 6 nitrogen and oxygen atoms in total. The van der Waals surface area contributed by atoms with Crippen molar-refractivity contribution in [1.82, 2.24) is 0 Å². The molecule has 0 aliphatic heterocycles. The van der Waals surface area contributed by atoms with E-state index in [1.165, 1.54) is 0 Å². The Hall–Kier alpha value is -3.54. The molecule has 35 heavy (non-hydrogen) atoms. The van der Waals surface area contributed by atoms with Crippen molar-refractivity contribution in [2.24, 2.45) is 0 Å². The van der Waals surface area contributed by atoms with Crippen molar-refractivity contribution in [3.63, 3.8) is 0 Å². The molecule has 2 N–H and O–H groups in total. The van der Waals surface area contributed by atoms with Crippen LogP contribution in [0.1, 0.15) is 58.8 Å². The second kappa shape index (κ2) is 15.4. The van der Waals surface area contributed by atoms with Crippen molar-refractivity contribution in [3.8, 4) is 11.5 Å². The van der Waals surface area contributed by atoms with E-state index in [4.69, 9.17) is 9.47 Å². The number of benzene rings is 2. The van der Waals surface area contributed by atoms with E-state index in [0.29, 0.717) is 48.9 Å². The van der Waals surface area contributed by atoms with Crippen LogP contribution in [-0.4, -0.2) is 25.0 Å². The van der Waals surface area contributed by atoms with Crippen molar-refractivity contribution in [1.29, 1.82) is 0 Å². The fourth-order valence-corrected chi connectivity index (χ4v) is 3.32. The number of rotatable bonds is 16. The summed E-state index contributed by atoms with van der Waals surface area (Å²) in [7, 11) is 0. The molecule has 0 fully saturated rings. The number of anilines is 2. The van der Waals surface area contributed by atoms with E-state index in [1.807, 2.05) is 62.4 Å². The summed E-state index contributed by atoms with van der Waals surface area (Å²) in [6, 6.07) is 14.8. The van der Waals surface area contributed by atoms with Gasteiger partial charge in [0.05, 0.1) is 11.4 Å². The first-order chi connectivity index (χ1) is 16.8. The summed E-state index contributed by atoms with van der Waals surface area (Å²) in [5.74, 6) is 1.24. The van der Waals surface area contributed by atoms with Crippen LogP contribution >= 0.6 is 0 Å². The molecular formula is C29H38N2O4. The smallest absolute Gasteiger partial charge is 0.224 e. The van der Waals surface area contributed by atoms with Crippen LogP contribution in [0.3, 0.4) is 0 Å². The van der Waals surface area contributed by atoms with Gasteiger partial charge in [0.25, 0.3) is 0 Å². The SMILES string of the molecule is C=C(C)COc1ccccc1NC(=O)CCCCCCCC(=O)Nc1ccccc1OCC(=C)C. The van der Waals surface area contributed by atoms with E-state index in [0.717, 1.165) is 43.3 Å². The van der Waals surface area contributed by atoms with Gasteiger partial charge in [0, 0.05) is 12.8 Å². The summed E-state index contributed by atoms with van der Waals surface area (Å²) in [5, 5.41) is 5.86. The molecule has 2 amide bonds. The monoisotopic (exact) mass is 478 g/mol. The molecule has 0 heterocycles. The number of amides is 2. The first kappa shape index (κ1) is 27.7. The topological polar surface area (TPSA) is 76.7 Å². The minimum Gasteiger partial charge on any atom is -0.487 e. The number of hydrogen-bond donors (Lipinski definition) is 2. The van der Waals surface area contributed by atoms with Crippen molar-refractivity contribution >= 4 is 23.2 Å². The third-order valence-electron chi connectivity index (χ3n) is 5.08. The average Bonchev–Trinajstić information content (AvgIpc) is 2.82. The Balaban J connectivity index is 1.61. The molecular weight excluding hydrogens is 440 g/mol. The van der Waals surface area contributed by atoms with Crippen LogP contribution < -0.4 is 20.1 Å². The van der Waals surface area contributed by atoms with E-state index in [9.17, 15) is 9.59 Å². The molecule has 0 radical (unpaired) electrons. The van der Waals surface area contributed by atoms with Crippen LogP contribution in [0.4, 0.5) is 11.4 Å². The van der Waals surface area contributed by atoms with E-state index < -0.39 is 0 Å². The van der Waals surface area contributed by atoms with Crippen LogP contribution in [0.5, 0.6) is 11.5 Å². The van der Waals surface area contributed by atoms with Gasteiger partial charge in [-0.25, -0.2) is 0 Å². The Kier molecular flexibility index (Phi) is 12.2. The maximum atomic E-state index is 12.3. The maximum absolute atomic E-state index is 12.3. The fourth-order valence-electron chi connectivity index (χ4n) is 3.32. The highest BCUT2D eigenvalue weighted by molar-refractivity contribution is 5.92. The second-order valence-corrected chi connectivity index (χ2v) is 8.85. The van der Waals surface area contributed by atoms with Crippen LogP contribution in [0.25, 0.3) is 0 Å². The van der Waals surface area contributed by atoms with Gasteiger partial charge in [0.1, 0.15) is 24.7 Å². The zero-order valence-electron chi connectivity index (χ0n) is 21.0. The minimum atomic E-state index is -0.0247. The lowest BCUT2D eigenvalue weighted by Crippen LogP contribution is -2.13. The molecule has 0 atom stereocenters. The second-order valence-electron chi connectivity index (χ2n) is 8.85. The lowest BCUT2D eigenvalue weighted by Gasteiger charge is -2.12. The van der Waals surface area contributed by atoms with Gasteiger partial charge in [-0.05, 0) is 62.1 Å². The third-order valence-corrected chi connectivity index (χ3v) is 5.08. The van der Waals surface area contributed by atoms with Gasteiger partial charge in [-0.2, -0.15) is 0 Å². The Labute approximate surface area is 209 Å². The first-order valence-electron chi connectivity index (χ1n) is 12.2. The summed E-state index contributed by atoms with van der Waals surface area (Å²) < 4.78 is 11.4. The van der Waals surface area contributed by atoms with Gasteiger partial charge in [0.2, 0.25) is 11.8 Å². The number of para-hydroxylation sites is 4. The van der Waals surface area contributed by atoms with Crippen LogP contribution in [0.2, 0.25) is 0 Å². The van der Waals surface area contributed by atoms with E-state index in [-0.39, 0.29) is 11.8 Å². The van der Waals surface area contributed by atoms with Gasteiger partial charge in [-0.3, -0.25) is 9.59 Å². The Bertz CT molecular complexity index is 920. The standard InChI is InChI=1S/C29H38N2O4/c1-22(2)20-34-26-16-12-10-14-24(26)30-28(32)18-8-6-5-7-9-19-29(33)31-25-15-11-13-17-27(25)35-21-23(3)4/h10-17H,1,3,5-9,18-21H2,2,4H3,(H,30,32)(H,31,33). The zero-order chi connectivity index (χ0) is 25.5. The number of unbranched alkanes of at least 4 members (excludes halogenated alkanes) is 4. The summed E-state index contributed by atoms with van der Waals surface area (Å²) in [4.78, 5) is 24.6. The molecule has 6 heteroatoms. The Morgan fingerprint density at radius 2 is 1.03 bits per heavy atom. The van der Waals surface area contributed by atoms with E-state index >= 15 is 0 Å². The van der Waals surface area contributed by atoms with Gasteiger partial charge in [-0.15, -0.1) is 0 Å². The molecule has 0 aliphatic rings. The lowest BCUT2D eigenvalue weighted by atomic mass is 10.1. The van der Waals surface area contributed by atoms with Crippen LogP contribution in [0.15, 0.2) is 72.8 Å². The van der Waals surface area contributed by atoms with Gasteiger partial charge in [-0.1, -0.05) is 56.7 Å². The lowest BCUT2D eigenvalue weighted by molar-refractivity contribution is -0.117. The van der Waals surface area contributed by atoms with Crippen LogP contribution in [-0.2, 0) is 9.59 Å². The minimum absolute atomic E-state index is 0.0247. The molecule has 0 saturated carbocycles. The first-order valence-corrected chi connectivity index (χ1v) is 12.2. The molecule has 0 aliphatic carbocycles. The summed E-state index contributed by atoms with van der Waals surface area (Å²) >= 11 is 0.